The molecule has 0 saturated carbocycles. The predicted octanol–water partition coefficient (Wildman–Crippen LogP) is 2.50. The second-order valence-corrected chi connectivity index (χ2v) is 5.33. The van der Waals surface area contributed by atoms with E-state index in [0.717, 1.165) is 22.4 Å². The molecule has 0 aliphatic carbocycles. The lowest BCUT2D eigenvalue weighted by Gasteiger charge is -2.08. The third kappa shape index (κ3) is 3.41. The zero-order valence-electron chi connectivity index (χ0n) is 12.8. The van der Waals surface area contributed by atoms with Crippen molar-refractivity contribution in [3.63, 3.8) is 0 Å². The maximum absolute atomic E-state index is 9.53. The lowest BCUT2D eigenvalue weighted by atomic mass is 10.1. The van der Waals surface area contributed by atoms with Gasteiger partial charge in [0.05, 0.1) is 36.0 Å². The molecular formula is C18H17N3O2. The highest BCUT2D eigenvalue weighted by Gasteiger charge is 2.09. The van der Waals surface area contributed by atoms with Crippen molar-refractivity contribution in [1.29, 1.82) is 0 Å². The topological polar surface area (TPSA) is 79.1 Å². The summed E-state index contributed by atoms with van der Waals surface area (Å²) >= 11 is 0. The smallest absolute Gasteiger partial charge is 0.0898 e. The Hall–Kier alpha value is -2.63. The lowest BCUT2D eigenvalue weighted by molar-refractivity contribution is 0.281. The van der Waals surface area contributed by atoms with Crippen LogP contribution < -0.4 is 0 Å². The maximum atomic E-state index is 9.53. The van der Waals surface area contributed by atoms with Crippen LogP contribution in [0.15, 0.2) is 48.8 Å². The molecule has 0 fully saturated rings. The first-order chi connectivity index (χ1) is 11.2. The van der Waals surface area contributed by atoms with Gasteiger partial charge >= 0.3 is 0 Å². The Morgan fingerprint density at radius 3 is 1.91 bits per heavy atom. The fourth-order valence-electron chi connectivity index (χ4n) is 2.33. The van der Waals surface area contributed by atoms with Crippen molar-refractivity contribution < 1.29 is 10.2 Å². The minimum absolute atomic E-state index is 0.0541. The Balaban J connectivity index is 2.12. The van der Waals surface area contributed by atoms with E-state index < -0.39 is 0 Å². The van der Waals surface area contributed by atoms with Gasteiger partial charge in [0, 0.05) is 12.4 Å². The van der Waals surface area contributed by atoms with Gasteiger partial charge in [-0.25, -0.2) is 4.98 Å². The van der Waals surface area contributed by atoms with Crippen molar-refractivity contribution in [2.45, 2.75) is 20.1 Å². The van der Waals surface area contributed by atoms with Crippen LogP contribution in [0.2, 0.25) is 0 Å². The fourth-order valence-corrected chi connectivity index (χ4v) is 2.33. The minimum Gasteiger partial charge on any atom is -0.392 e. The van der Waals surface area contributed by atoms with Crippen molar-refractivity contribution in [2.24, 2.45) is 0 Å². The molecule has 0 atom stereocenters. The first kappa shape index (κ1) is 15.3. The Bertz CT molecular complexity index is 834. The summed E-state index contributed by atoms with van der Waals surface area (Å²) < 4.78 is 0. The monoisotopic (exact) mass is 307 g/mol. The third-order valence-electron chi connectivity index (χ3n) is 3.51. The Labute approximate surface area is 134 Å². The second kappa shape index (κ2) is 6.64. The van der Waals surface area contributed by atoms with Crippen LogP contribution in [0.1, 0.15) is 16.7 Å². The van der Waals surface area contributed by atoms with E-state index in [4.69, 9.17) is 0 Å². The van der Waals surface area contributed by atoms with Crippen LogP contribution in [0.5, 0.6) is 0 Å². The standard InChI is InChI=1S/C18H17N3O2/c1-12-2-4-19-15(6-12)17-8-14(11-23)9-18(21-17)16-7-13(10-22)3-5-20-16/h2-9,22-23H,10-11H2,1H3. The van der Waals surface area contributed by atoms with E-state index in [1.54, 1.807) is 30.6 Å². The van der Waals surface area contributed by atoms with Crippen LogP contribution in [-0.4, -0.2) is 25.2 Å². The van der Waals surface area contributed by atoms with Gasteiger partial charge in [0.1, 0.15) is 0 Å². The number of aromatic nitrogens is 3. The lowest BCUT2D eigenvalue weighted by Crippen LogP contribution is -1.97. The Morgan fingerprint density at radius 2 is 1.30 bits per heavy atom. The van der Waals surface area contributed by atoms with Crippen LogP contribution in [0.4, 0.5) is 0 Å². The van der Waals surface area contributed by atoms with Crippen LogP contribution in [0.3, 0.4) is 0 Å². The molecule has 3 heterocycles. The largest absolute Gasteiger partial charge is 0.392 e. The average molecular weight is 307 g/mol. The molecule has 0 saturated heterocycles. The van der Waals surface area contributed by atoms with Gasteiger partial charge in [0.25, 0.3) is 0 Å². The number of rotatable bonds is 4. The van der Waals surface area contributed by atoms with E-state index in [1.165, 1.54) is 0 Å². The molecule has 0 spiro atoms. The van der Waals surface area contributed by atoms with Crippen molar-refractivity contribution in [3.05, 3.63) is 65.5 Å². The summed E-state index contributed by atoms with van der Waals surface area (Å²) in [5, 5.41) is 18.8. The van der Waals surface area contributed by atoms with Gasteiger partial charge in [-0.15, -0.1) is 0 Å². The van der Waals surface area contributed by atoms with Gasteiger partial charge in [-0.1, -0.05) is 0 Å². The van der Waals surface area contributed by atoms with Gasteiger partial charge in [0.15, 0.2) is 0 Å². The SMILES string of the molecule is Cc1ccnc(-c2cc(CO)cc(-c3cc(CO)ccn3)n2)c1. The summed E-state index contributed by atoms with van der Waals surface area (Å²) in [6, 6.07) is 11.0. The molecule has 5 heteroatoms. The van der Waals surface area contributed by atoms with E-state index in [2.05, 4.69) is 15.0 Å². The van der Waals surface area contributed by atoms with Gasteiger partial charge in [0.2, 0.25) is 0 Å². The predicted molar refractivity (Wildman–Crippen MR) is 87.3 cm³/mol. The van der Waals surface area contributed by atoms with Crippen LogP contribution in [0, 0.1) is 6.92 Å². The van der Waals surface area contributed by atoms with Gasteiger partial charge in [-0.05, 0) is 60.0 Å². The zero-order valence-corrected chi connectivity index (χ0v) is 12.8. The molecule has 0 unspecified atom stereocenters. The van der Waals surface area contributed by atoms with Crippen LogP contribution >= 0.6 is 0 Å². The zero-order chi connectivity index (χ0) is 16.2. The minimum atomic E-state index is -0.0893. The Kier molecular flexibility index (Phi) is 4.41. The molecule has 3 aromatic heterocycles. The molecule has 0 aliphatic rings. The third-order valence-corrected chi connectivity index (χ3v) is 3.51. The van der Waals surface area contributed by atoms with Crippen molar-refractivity contribution in [3.8, 4) is 22.8 Å². The quantitative estimate of drug-likeness (QED) is 0.774. The number of hydrogen-bond acceptors (Lipinski definition) is 5. The highest BCUT2D eigenvalue weighted by atomic mass is 16.3. The maximum Gasteiger partial charge on any atom is 0.0898 e. The van der Waals surface area contributed by atoms with Gasteiger partial charge < -0.3 is 10.2 Å². The average Bonchev–Trinajstić information content (AvgIpc) is 2.61. The van der Waals surface area contributed by atoms with Crippen LogP contribution in [-0.2, 0) is 13.2 Å². The van der Waals surface area contributed by atoms with E-state index in [1.807, 2.05) is 25.1 Å². The van der Waals surface area contributed by atoms with E-state index >= 15 is 0 Å². The number of nitrogens with zero attached hydrogens (tertiary/aromatic N) is 3. The molecule has 0 aliphatic heterocycles. The van der Waals surface area contributed by atoms with E-state index in [9.17, 15) is 10.2 Å². The van der Waals surface area contributed by atoms with Gasteiger partial charge in [-0.3, -0.25) is 9.97 Å². The van der Waals surface area contributed by atoms with E-state index in [-0.39, 0.29) is 13.2 Å². The molecule has 0 bridgehead atoms. The second-order valence-electron chi connectivity index (χ2n) is 5.33. The summed E-state index contributed by atoms with van der Waals surface area (Å²) in [6.07, 6.45) is 3.38. The normalized spacial score (nSPS) is 10.7. The summed E-state index contributed by atoms with van der Waals surface area (Å²) in [5.41, 5.74) is 5.33. The Morgan fingerprint density at radius 1 is 0.739 bits per heavy atom. The molecule has 116 valence electrons. The van der Waals surface area contributed by atoms with Crippen molar-refractivity contribution >= 4 is 0 Å². The van der Waals surface area contributed by atoms with E-state index in [0.29, 0.717) is 17.1 Å². The summed E-state index contributed by atoms with van der Waals surface area (Å²) in [5.74, 6) is 0. The fraction of sp³-hybridized carbons (Fsp3) is 0.167. The number of aliphatic hydroxyl groups is 2. The molecule has 0 radical (unpaired) electrons. The highest BCUT2D eigenvalue weighted by Crippen LogP contribution is 2.23. The molecular weight excluding hydrogens is 290 g/mol. The molecule has 2 N–H and O–H groups in total. The molecule has 5 nitrogen and oxygen atoms in total. The highest BCUT2D eigenvalue weighted by molar-refractivity contribution is 5.64. The molecule has 0 amide bonds. The molecule has 23 heavy (non-hydrogen) atoms. The number of aryl methyl sites for hydroxylation is 1. The first-order valence-corrected chi connectivity index (χ1v) is 7.30. The van der Waals surface area contributed by atoms with Crippen molar-refractivity contribution in [2.75, 3.05) is 0 Å². The summed E-state index contributed by atoms with van der Waals surface area (Å²) in [6.45, 7) is 1.85. The number of hydrogen-bond donors (Lipinski definition) is 2. The van der Waals surface area contributed by atoms with Crippen molar-refractivity contribution in [1.82, 2.24) is 15.0 Å². The molecule has 0 aromatic carbocycles. The number of aliphatic hydroxyl groups excluding tert-OH is 2. The molecule has 3 rings (SSSR count). The van der Waals surface area contributed by atoms with Crippen LogP contribution in [0.25, 0.3) is 22.8 Å². The summed E-state index contributed by atoms with van der Waals surface area (Å²) in [7, 11) is 0. The molecule has 3 aromatic rings. The number of pyridine rings is 3. The van der Waals surface area contributed by atoms with Gasteiger partial charge in [-0.2, -0.15) is 0 Å². The first-order valence-electron chi connectivity index (χ1n) is 7.30. The summed E-state index contributed by atoms with van der Waals surface area (Å²) in [4.78, 5) is 13.3.